The summed E-state index contributed by atoms with van der Waals surface area (Å²) in [5, 5.41) is 10.2. The Bertz CT molecular complexity index is 1050. The molecule has 2 saturated carbocycles. The second kappa shape index (κ2) is 9.96. The highest BCUT2D eigenvalue weighted by molar-refractivity contribution is 5.83. The molecule has 2 heterocycles. The lowest BCUT2D eigenvalue weighted by molar-refractivity contribution is -0.144. The van der Waals surface area contributed by atoms with E-state index in [-0.39, 0.29) is 17.9 Å². The van der Waals surface area contributed by atoms with Gasteiger partial charge in [-0.2, -0.15) is 0 Å². The predicted octanol–water partition coefficient (Wildman–Crippen LogP) is 5.49. The number of imidazole rings is 1. The number of hydrogen-bond donors (Lipinski definition) is 1. The lowest BCUT2D eigenvalue weighted by Crippen LogP contribution is -2.35. The van der Waals surface area contributed by atoms with Crippen molar-refractivity contribution in [1.29, 1.82) is 0 Å². The summed E-state index contributed by atoms with van der Waals surface area (Å²) < 4.78 is 7.23. The number of rotatable bonds is 5. The Morgan fingerprint density at radius 1 is 1.09 bits per heavy atom. The van der Waals surface area contributed by atoms with Gasteiger partial charge >= 0.3 is 12.1 Å². The molecule has 7 heteroatoms. The Balaban J connectivity index is 1.57. The highest BCUT2D eigenvalue weighted by Crippen LogP contribution is 2.38. The molecule has 184 valence electrons. The lowest BCUT2D eigenvalue weighted by atomic mass is 9.79. The van der Waals surface area contributed by atoms with Crippen molar-refractivity contribution in [3.63, 3.8) is 0 Å². The zero-order valence-corrected chi connectivity index (χ0v) is 20.3. The van der Waals surface area contributed by atoms with Crippen LogP contribution in [0.1, 0.15) is 87.1 Å². The van der Waals surface area contributed by atoms with Gasteiger partial charge in [-0.15, -0.1) is 0 Å². The van der Waals surface area contributed by atoms with Crippen LogP contribution >= 0.6 is 0 Å². The van der Waals surface area contributed by atoms with Gasteiger partial charge < -0.3 is 19.3 Å². The molecule has 0 radical (unpaired) electrons. The third kappa shape index (κ3) is 4.41. The van der Waals surface area contributed by atoms with Crippen LogP contribution in [0, 0.1) is 11.8 Å². The van der Waals surface area contributed by atoms with Crippen LogP contribution < -0.4 is 0 Å². The van der Waals surface area contributed by atoms with Crippen molar-refractivity contribution in [1.82, 2.24) is 14.5 Å². The predicted molar refractivity (Wildman–Crippen MR) is 130 cm³/mol. The number of carbonyl (C=O) groups is 2. The first kappa shape index (κ1) is 23.2. The van der Waals surface area contributed by atoms with Gasteiger partial charge in [0.05, 0.1) is 30.6 Å². The van der Waals surface area contributed by atoms with Gasteiger partial charge in [0.25, 0.3) is 0 Å². The summed E-state index contributed by atoms with van der Waals surface area (Å²) in [6.45, 7) is 1.62. The zero-order valence-electron chi connectivity index (χ0n) is 20.3. The van der Waals surface area contributed by atoms with E-state index in [0.717, 1.165) is 67.4 Å². The second-order valence-corrected chi connectivity index (χ2v) is 10.5. The summed E-state index contributed by atoms with van der Waals surface area (Å²) in [4.78, 5) is 31.6. The molecule has 2 aromatic rings. The third-order valence-corrected chi connectivity index (χ3v) is 8.47. The maximum atomic E-state index is 12.4. The number of benzene rings is 1. The molecule has 1 aliphatic heterocycles. The zero-order chi connectivity index (χ0) is 23.7. The molecule has 0 unspecified atom stereocenters. The Labute approximate surface area is 201 Å². The van der Waals surface area contributed by atoms with E-state index in [1.54, 1.807) is 4.90 Å². The average molecular weight is 468 g/mol. The molecular formula is C27H37N3O4. The smallest absolute Gasteiger partial charge is 0.409 e. The molecule has 5 rings (SSSR count). The van der Waals surface area contributed by atoms with Gasteiger partial charge in [-0.05, 0) is 49.7 Å². The summed E-state index contributed by atoms with van der Waals surface area (Å²) in [5.74, 6) is 0.592. The van der Waals surface area contributed by atoms with Crippen molar-refractivity contribution >= 4 is 23.1 Å². The van der Waals surface area contributed by atoms with Crippen LogP contribution in [0.5, 0.6) is 0 Å². The molecule has 1 amide bonds. The molecule has 3 aliphatic rings. The second-order valence-electron chi connectivity index (χ2n) is 10.5. The van der Waals surface area contributed by atoms with Crippen LogP contribution in [0.2, 0.25) is 0 Å². The number of fused-ring (bicyclic) bond motifs is 3. The number of carboxylic acid groups (broad SMARTS) is 1. The Kier molecular flexibility index (Phi) is 6.79. The number of carbonyl (C=O) groups excluding carboxylic acids is 1. The van der Waals surface area contributed by atoms with Gasteiger partial charge in [-0.1, -0.05) is 44.6 Å². The lowest BCUT2D eigenvalue weighted by Gasteiger charge is -2.30. The summed E-state index contributed by atoms with van der Waals surface area (Å²) in [6, 6.07) is 4.30. The molecule has 1 atom stereocenters. The number of ether oxygens (including phenoxy) is 1. The van der Waals surface area contributed by atoms with Crippen molar-refractivity contribution in [2.75, 3.05) is 13.7 Å². The largest absolute Gasteiger partial charge is 0.481 e. The molecule has 2 aliphatic carbocycles. The van der Waals surface area contributed by atoms with E-state index < -0.39 is 5.97 Å². The fraction of sp³-hybridized carbons (Fsp3) is 0.667. The average Bonchev–Trinajstić information content (AvgIpc) is 3.26. The van der Waals surface area contributed by atoms with Crippen LogP contribution in [0.25, 0.3) is 11.0 Å². The summed E-state index contributed by atoms with van der Waals surface area (Å²) in [6.07, 6.45) is 11.9. The number of aliphatic carboxylic acids is 1. The SMILES string of the molecule is COC(=O)N1CCc2ccc3c(nc(C4CCCCC4)n3C[C@@H](C(=O)O)C3CCCCC3)c2C1. The van der Waals surface area contributed by atoms with Crippen LogP contribution in [0.4, 0.5) is 4.79 Å². The van der Waals surface area contributed by atoms with Gasteiger partial charge in [0.15, 0.2) is 0 Å². The number of carboxylic acids is 1. The highest BCUT2D eigenvalue weighted by atomic mass is 16.5. The quantitative estimate of drug-likeness (QED) is 0.629. The Hall–Kier alpha value is -2.57. The van der Waals surface area contributed by atoms with Gasteiger partial charge in [-0.25, -0.2) is 9.78 Å². The fourth-order valence-corrected chi connectivity index (χ4v) is 6.55. The molecule has 1 aromatic heterocycles. The minimum Gasteiger partial charge on any atom is -0.481 e. The molecule has 1 aromatic carbocycles. The van der Waals surface area contributed by atoms with E-state index in [1.807, 2.05) is 0 Å². The van der Waals surface area contributed by atoms with E-state index in [1.165, 1.54) is 38.4 Å². The maximum Gasteiger partial charge on any atom is 0.409 e. The van der Waals surface area contributed by atoms with Crippen LogP contribution in [0.15, 0.2) is 12.1 Å². The number of methoxy groups -OCH3 is 1. The molecule has 0 bridgehead atoms. The monoisotopic (exact) mass is 467 g/mol. The van der Waals surface area contributed by atoms with Crippen molar-refractivity contribution < 1.29 is 19.4 Å². The third-order valence-electron chi connectivity index (χ3n) is 8.47. The fourth-order valence-electron chi connectivity index (χ4n) is 6.55. The minimum atomic E-state index is -0.682. The maximum absolute atomic E-state index is 12.4. The standard InChI is InChI=1S/C27H37N3O4/c1-34-27(33)29-15-14-19-12-13-23-24(21(19)16-29)28-25(20-10-6-3-7-11-20)30(23)17-22(26(31)32)18-8-4-2-5-9-18/h12-13,18,20,22H,2-11,14-17H2,1H3,(H,31,32)/t22-/m1/s1. The van der Waals surface area contributed by atoms with Crippen LogP contribution in [0.3, 0.4) is 0 Å². The number of amides is 1. The van der Waals surface area contributed by atoms with Crippen molar-refractivity contribution in [2.24, 2.45) is 11.8 Å². The Morgan fingerprint density at radius 2 is 1.79 bits per heavy atom. The normalized spacial score (nSPS) is 20.8. The molecule has 1 N–H and O–H groups in total. The van der Waals surface area contributed by atoms with E-state index >= 15 is 0 Å². The number of hydrogen-bond acceptors (Lipinski definition) is 4. The first-order valence-corrected chi connectivity index (χ1v) is 13.1. The topological polar surface area (TPSA) is 84.7 Å². The minimum absolute atomic E-state index is 0.232. The Morgan fingerprint density at radius 3 is 2.47 bits per heavy atom. The number of aromatic nitrogens is 2. The van der Waals surface area contributed by atoms with Gasteiger partial charge in [0.1, 0.15) is 5.82 Å². The molecule has 0 spiro atoms. The van der Waals surface area contributed by atoms with Crippen LogP contribution in [-0.4, -0.2) is 45.3 Å². The first-order chi connectivity index (χ1) is 16.6. The first-order valence-electron chi connectivity index (χ1n) is 13.1. The van der Waals surface area contributed by atoms with E-state index in [2.05, 4.69) is 16.7 Å². The summed E-state index contributed by atoms with van der Waals surface area (Å²) in [5.41, 5.74) is 4.29. The molecule has 2 fully saturated rings. The van der Waals surface area contributed by atoms with Gasteiger partial charge in [0.2, 0.25) is 0 Å². The highest BCUT2D eigenvalue weighted by Gasteiger charge is 2.33. The van der Waals surface area contributed by atoms with Gasteiger partial charge in [-0.3, -0.25) is 4.79 Å². The van der Waals surface area contributed by atoms with Gasteiger partial charge in [0, 0.05) is 24.6 Å². The summed E-state index contributed by atoms with van der Waals surface area (Å²) in [7, 11) is 1.42. The van der Waals surface area contributed by atoms with Crippen molar-refractivity contribution in [3.8, 4) is 0 Å². The van der Waals surface area contributed by atoms with Crippen molar-refractivity contribution in [3.05, 3.63) is 29.1 Å². The van der Waals surface area contributed by atoms with E-state index in [0.29, 0.717) is 25.6 Å². The molecule has 34 heavy (non-hydrogen) atoms. The van der Waals surface area contributed by atoms with Crippen molar-refractivity contribution in [2.45, 2.75) is 89.6 Å². The molecule has 7 nitrogen and oxygen atoms in total. The van der Waals surface area contributed by atoms with E-state index in [9.17, 15) is 14.7 Å². The molecule has 0 saturated heterocycles. The summed E-state index contributed by atoms with van der Waals surface area (Å²) >= 11 is 0. The number of nitrogens with zero attached hydrogens (tertiary/aromatic N) is 3. The molecular weight excluding hydrogens is 430 g/mol. The van der Waals surface area contributed by atoms with Crippen LogP contribution in [-0.2, 0) is 29.0 Å². The van der Waals surface area contributed by atoms with E-state index in [4.69, 9.17) is 9.72 Å².